The summed E-state index contributed by atoms with van der Waals surface area (Å²) in [4.78, 5) is 0. The molecule has 0 heterocycles. The molecule has 32 valence electrons. The van der Waals surface area contributed by atoms with Crippen molar-refractivity contribution in [2.24, 2.45) is 0 Å². The van der Waals surface area contributed by atoms with Crippen molar-refractivity contribution in [1.29, 1.82) is 5.26 Å². The third kappa shape index (κ3) is 1.36. The summed E-state index contributed by atoms with van der Waals surface area (Å²) in [6, 6.07) is 1.73. The summed E-state index contributed by atoms with van der Waals surface area (Å²) in [5.41, 5.74) is 0.329. The van der Waals surface area contributed by atoms with Gasteiger partial charge in [-0.25, -0.2) is 0 Å². The minimum atomic E-state index is 0.329. The van der Waals surface area contributed by atoms with Crippen LogP contribution in [0.25, 0.3) is 0 Å². The van der Waals surface area contributed by atoms with Gasteiger partial charge in [0.25, 0.3) is 0 Å². The van der Waals surface area contributed by atoms with E-state index < -0.39 is 0 Å². The van der Waals surface area contributed by atoms with E-state index in [-0.39, 0.29) is 0 Å². The van der Waals surface area contributed by atoms with Crippen molar-refractivity contribution < 1.29 is 5.11 Å². The first-order valence-electron chi connectivity index (χ1n) is 1.52. The fraction of sp³-hybridized carbons (Fsp3) is 0.250. The third-order valence-corrected chi connectivity index (χ3v) is 0.370. The third-order valence-electron chi connectivity index (χ3n) is 0.370. The minimum absolute atomic E-state index is 0.329. The average Bonchev–Trinajstić information content (AvgIpc) is 1.65. The summed E-state index contributed by atoms with van der Waals surface area (Å²) in [7, 11) is 0. The maximum Gasteiger partial charge on any atom is 0.0976 e. The Morgan fingerprint density at radius 3 is 2.50 bits per heavy atom. The molecule has 0 spiro atoms. The molecule has 0 aliphatic heterocycles. The highest BCUT2D eigenvalue weighted by Crippen LogP contribution is 1.81. The molecule has 0 aromatic rings. The molecule has 0 fully saturated rings. The van der Waals surface area contributed by atoms with E-state index in [1.165, 1.54) is 6.92 Å². The number of hydrogen-bond acceptors (Lipinski definition) is 2. The van der Waals surface area contributed by atoms with Crippen molar-refractivity contribution in [3.63, 3.8) is 0 Å². The molecule has 1 N–H and O–H groups in total. The van der Waals surface area contributed by atoms with Gasteiger partial charge in [0.1, 0.15) is 0 Å². The minimum Gasteiger partial charge on any atom is -0.515 e. The van der Waals surface area contributed by atoms with E-state index in [4.69, 9.17) is 10.4 Å². The second-order valence-electron chi connectivity index (χ2n) is 0.924. The van der Waals surface area contributed by atoms with E-state index in [0.717, 1.165) is 6.26 Å². The zero-order chi connectivity index (χ0) is 4.99. The predicted molar refractivity (Wildman–Crippen MR) is 22.0 cm³/mol. The van der Waals surface area contributed by atoms with Crippen LogP contribution in [0.3, 0.4) is 0 Å². The van der Waals surface area contributed by atoms with Crippen molar-refractivity contribution in [2.75, 3.05) is 0 Å². The highest BCUT2D eigenvalue weighted by molar-refractivity contribution is 5.13. The molecular formula is C4H5NO. The summed E-state index contributed by atoms with van der Waals surface area (Å²) in [6.07, 6.45) is 0.778. The Hall–Kier alpha value is -0.970. The SMILES string of the molecule is C/C(C#N)=C\O. The molecule has 0 radical (unpaired) electrons. The Balaban J connectivity index is 3.61. The van der Waals surface area contributed by atoms with Crippen LogP contribution in [-0.4, -0.2) is 5.11 Å². The van der Waals surface area contributed by atoms with Crippen LogP contribution >= 0.6 is 0 Å². The molecule has 0 aromatic carbocycles. The monoisotopic (exact) mass is 83.0 g/mol. The maximum atomic E-state index is 7.95. The Morgan fingerprint density at radius 1 is 2.00 bits per heavy atom. The first-order chi connectivity index (χ1) is 2.81. The van der Waals surface area contributed by atoms with Crippen LogP contribution < -0.4 is 0 Å². The number of aliphatic hydroxyl groups is 1. The zero-order valence-electron chi connectivity index (χ0n) is 3.47. The van der Waals surface area contributed by atoms with Gasteiger partial charge in [-0.15, -0.1) is 0 Å². The van der Waals surface area contributed by atoms with E-state index in [0.29, 0.717) is 5.57 Å². The molecule has 0 unspecified atom stereocenters. The van der Waals surface area contributed by atoms with Gasteiger partial charge in [0.15, 0.2) is 0 Å². The van der Waals surface area contributed by atoms with Crippen LogP contribution in [0.5, 0.6) is 0 Å². The van der Waals surface area contributed by atoms with Crippen LogP contribution in [0.4, 0.5) is 0 Å². The Kier molecular flexibility index (Phi) is 1.91. The van der Waals surface area contributed by atoms with Crippen LogP contribution in [0.2, 0.25) is 0 Å². The molecule has 0 saturated carbocycles. The van der Waals surface area contributed by atoms with Gasteiger partial charge in [-0.05, 0) is 6.92 Å². The largest absolute Gasteiger partial charge is 0.515 e. The molecule has 2 nitrogen and oxygen atoms in total. The first-order valence-corrected chi connectivity index (χ1v) is 1.52. The van der Waals surface area contributed by atoms with Crippen molar-refractivity contribution in [3.05, 3.63) is 11.8 Å². The molecule has 0 rings (SSSR count). The number of nitrogens with zero attached hydrogens (tertiary/aromatic N) is 1. The molecule has 0 amide bonds. The summed E-state index contributed by atoms with van der Waals surface area (Å²) in [5, 5.41) is 15.8. The average molecular weight is 83.1 g/mol. The van der Waals surface area contributed by atoms with Gasteiger partial charge in [-0.1, -0.05) is 0 Å². The Bertz CT molecular complexity index is 98.6. The van der Waals surface area contributed by atoms with Gasteiger partial charge >= 0.3 is 0 Å². The zero-order valence-corrected chi connectivity index (χ0v) is 3.47. The van der Waals surface area contributed by atoms with Crippen LogP contribution in [0, 0.1) is 11.3 Å². The van der Waals surface area contributed by atoms with Gasteiger partial charge in [0, 0.05) is 0 Å². The predicted octanol–water partition coefficient (Wildman–Crippen LogP) is 0.972. The van der Waals surface area contributed by atoms with Crippen LogP contribution in [-0.2, 0) is 0 Å². The number of allylic oxidation sites excluding steroid dienone is 1. The van der Waals surface area contributed by atoms with Crippen molar-refractivity contribution in [3.8, 4) is 6.07 Å². The lowest BCUT2D eigenvalue weighted by Crippen LogP contribution is -1.61. The van der Waals surface area contributed by atoms with Gasteiger partial charge in [-0.2, -0.15) is 5.26 Å². The highest BCUT2D eigenvalue weighted by Gasteiger charge is 1.73. The Morgan fingerprint density at radius 2 is 2.50 bits per heavy atom. The number of rotatable bonds is 0. The summed E-state index contributed by atoms with van der Waals surface area (Å²) >= 11 is 0. The Labute approximate surface area is 36.3 Å². The van der Waals surface area contributed by atoms with Gasteiger partial charge in [0.05, 0.1) is 17.9 Å². The maximum absolute atomic E-state index is 7.95. The molecule has 0 bridgehead atoms. The second kappa shape index (κ2) is 2.28. The van der Waals surface area contributed by atoms with E-state index in [9.17, 15) is 0 Å². The molecule has 0 aliphatic carbocycles. The van der Waals surface area contributed by atoms with Crippen LogP contribution in [0.15, 0.2) is 11.8 Å². The number of aliphatic hydroxyl groups excluding tert-OH is 1. The van der Waals surface area contributed by atoms with E-state index in [1.807, 2.05) is 0 Å². The fourth-order valence-electron chi connectivity index (χ4n) is 0.0289. The molecule has 2 heteroatoms. The molecule has 0 atom stereocenters. The first kappa shape index (κ1) is 5.03. The van der Waals surface area contributed by atoms with Crippen molar-refractivity contribution in [1.82, 2.24) is 0 Å². The molecule has 0 aromatic heterocycles. The van der Waals surface area contributed by atoms with E-state index in [2.05, 4.69) is 0 Å². The quantitative estimate of drug-likeness (QED) is 0.350. The summed E-state index contributed by atoms with van der Waals surface area (Å²) in [5.74, 6) is 0. The smallest absolute Gasteiger partial charge is 0.0976 e. The molecule has 6 heavy (non-hydrogen) atoms. The van der Waals surface area contributed by atoms with Gasteiger partial charge < -0.3 is 5.11 Å². The lowest BCUT2D eigenvalue weighted by Gasteiger charge is -1.70. The van der Waals surface area contributed by atoms with Crippen LogP contribution in [0.1, 0.15) is 6.92 Å². The van der Waals surface area contributed by atoms with Gasteiger partial charge in [0.2, 0.25) is 0 Å². The van der Waals surface area contributed by atoms with Crippen molar-refractivity contribution in [2.45, 2.75) is 6.92 Å². The topological polar surface area (TPSA) is 44.0 Å². The van der Waals surface area contributed by atoms with Gasteiger partial charge in [-0.3, -0.25) is 0 Å². The molecule has 0 aliphatic rings. The lowest BCUT2D eigenvalue weighted by molar-refractivity contribution is 0.469. The standard InChI is InChI=1S/C4H5NO/c1-4(2-5)3-6/h3,6H,1H3/b4-3+. The lowest BCUT2D eigenvalue weighted by atomic mass is 10.4. The highest BCUT2D eigenvalue weighted by atomic mass is 16.2. The van der Waals surface area contributed by atoms with Crippen molar-refractivity contribution >= 4 is 0 Å². The number of nitriles is 1. The summed E-state index contributed by atoms with van der Waals surface area (Å²) in [6.45, 7) is 1.53. The number of hydrogen-bond donors (Lipinski definition) is 1. The van der Waals surface area contributed by atoms with E-state index >= 15 is 0 Å². The second-order valence-corrected chi connectivity index (χ2v) is 0.924. The molecule has 0 saturated heterocycles. The molecular weight excluding hydrogens is 78.0 g/mol. The van der Waals surface area contributed by atoms with E-state index in [1.54, 1.807) is 6.07 Å². The summed E-state index contributed by atoms with van der Waals surface area (Å²) < 4.78 is 0. The fourth-order valence-corrected chi connectivity index (χ4v) is 0.0289. The normalized spacial score (nSPS) is 10.3.